The molecular formula is C52H92O6. The van der Waals surface area contributed by atoms with Crippen LogP contribution < -0.4 is 0 Å². The summed E-state index contributed by atoms with van der Waals surface area (Å²) in [6.45, 7) is 6.55. The van der Waals surface area contributed by atoms with Gasteiger partial charge >= 0.3 is 17.9 Å². The zero-order chi connectivity index (χ0) is 42.3. The van der Waals surface area contributed by atoms with Gasteiger partial charge in [0.1, 0.15) is 13.2 Å². The molecule has 0 aromatic heterocycles. The normalized spacial score (nSPS) is 12.4. The predicted molar refractivity (Wildman–Crippen MR) is 247 cm³/mol. The molecule has 1 atom stereocenters. The van der Waals surface area contributed by atoms with Crippen molar-refractivity contribution in [1.29, 1.82) is 0 Å². The molecule has 0 amide bonds. The molecule has 0 rings (SSSR count). The van der Waals surface area contributed by atoms with Crippen molar-refractivity contribution in [3.05, 3.63) is 48.6 Å². The summed E-state index contributed by atoms with van der Waals surface area (Å²) in [5, 5.41) is 0. The Labute approximate surface area is 358 Å². The third-order valence-electron chi connectivity index (χ3n) is 10.6. The van der Waals surface area contributed by atoms with E-state index in [1.807, 2.05) is 0 Å². The first kappa shape index (κ1) is 55.4. The summed E-state index contributed by atoms with van der Waals surface area (Å²) in [4.78, 5) is 37.8. The molecular weight excluding hydrogens is 721 g/mol. The van der Waals surface area contributed by atoms with Gasteiger partial charge in [0.15, 0.2) is 6.10 Å². The van der Waals surface area contributed by atoms with E-state index in [0.717, 1.165) is 83.5 Å². The molecule has 0 aliphatic rings. The Kier molecular flexibility index (Phi) is 44.9. The van der Waals surface area contributed by atoms with E-state index >= 15 is 0 Å². The van der Waals surface area contributed by atoms with Crippen molar-refractivity contribution in [2.24, 2.45) is 0 Å². The number of unbranched alkanes of at least 4 members (excludes halogenated alkanes) is 27. The number of hydrogen-bond donors (Lipinski definition) is 0. The van der Waals surface area contributed by atoms with Gasteiger partial charge in [-0.15, -0.1) is 0 Å². The molecule has 6 heteroatoms. The van der Waals surface area contributed by atoms with Gasteiger partial charge in [-0.3, -0.25) is 14.4 Å². The Hall–Kier alpha value is -2.63. The van der Waals surface area contributed by atoms with Crippen LogP contribution in [0, 0.1) is 0 Å². The average Bonchev–Trinajstić information content (AvgIpc) is 3.22. The summed E-state index contributed by atoms with van der Waals surface area (Å²) >= 11 is 0. The fourth-order valence-corrected chi connectivity index (χ4v) is 6.83. The SMILES string of the molecule is CCCCC/C=C\C=C/CCCCCCCCC(=O)OC(COC(=O)CCCCC/C=C\C=C/CCCCCCCCC)COC(=O)CCCCCCCCCCC. The van der Waals surface area contributed by atoms with E-state index in [4.69, 9.17) is 14.2 Å². The zero-order valence-electron chi connectivity index (χ0n) is 38.3. The second-order valence-corrected chi connectivity index (χ2v) is 16.4. The first-order valence-electron chi connectivity index (χ1n) is 24.7. The molecule has 58 heavy (non-hydrogen) atoms. The van der Waals surface area contributed by atoms with Crippen molar-refractivity contribution < 1.29 is 28.6 Å². The van der Waals surface area contributed by atoms with Crippen molar-refractivity contribution in [1.82, 2.24) is 0 Å². The Morgan fingerprint density at radius 2 is 0.603 bits per heavy atom. The lowest BCUT2D eigenvalue weighted by Gasteiger charge is -2.18. The highest BCUT2D eigenvalue weighted by Gasteiger charge is 2.19. The number of carbonyl (C=O) groups excluding carboxylic acids is 3. The molecule has 0 saturated heterocycles. The van der Waals surface area contributed by atoms with Gasteiger partial charge in [0.25, 0.3) is 0 Å². The number of ether oxygens (including phenoxy) is 3. The van der Waals surface area contributed by atoms with Crippen LogP contribution in [-0.4, -0.2) is 37.2 Å². The molecule has 0 heterocycles. The monoisotopic (exact) mass is 813 g/mol. The standard InChI is InChI=1S/C52H92O6/c1-4-7-10-13-16-19-21-23-25-27-28-30-33-36-39-42-45-51(54)57-48-49(47-56-50(53)44-41-38-35-32-18-15-12-9-6-3)58-52(55)46-43-40-37-34-31-29-26-24-22-20-17-14-11-8-5-2/h17,20,22,24-25,27-28,30,49H,4-16,18-19,21,23,26,29,31-48H2,1-3H3/b20-17-,24-22-,27-25-,30-28-. The summed E-state index contributed by atoms with van der Waals surface area (Å²) < 4.78 is 16.7. The maximum absolute atomic E-state index is 12.7. The van der Waals surface area contributed by atoms with E-state index in [1.54, 1.807) is 0 Å². The highest BCUT2D eigenvalue weighted by Crippen LogP contribution is 2.14. The highest BCUT2D eigenvalue weighted by atomic mass is 16.6. The molecule has 0 bridgehead atoms. The molecule has 0 aliphatic carbocycles. The van der Waals surface area contributed by atoms with Crippen LogP contribution in [0.25, 0.3) is 0 Å². The number of allylic oxidation sites excluding steroid dienone is 8. The minimum Gasteiger partial charge on any atom is -0.462 e. The number of esters is 3. The van der Waals surface area contributed by atoms with Gasteiger partial charge < -0.3 is 14.2 Å². The lowest BCUT2D eigenvalue weighted by atomic mass is 10.1. The third kappa shape index (κ3) is 44.5. The molecule has 0 aromatic carbocycles. The third-order valence-corrected chi connectivity index (χ3v) is 10.6. The van der Waals surface area contributed by atoms with Gasteiger partial charge in [0, 0.05) is 19.3 Å². The van der Waals surface area contributed by atoms with Crippen LogP contribution in [0.15, 0.2) is 48.6 Å². The Bertz CT molecular complexity index is 1030. The van der Waals surface area contributed by atoms with E-state index in [0.29, 0.717) is 19.3 Å². The Morgan fingerprint density at radius 3 is 0.966 bits per heavy atom. The fraction of sp³-hybridized carbons (Fsp3) is 0.788. The number of hydrogen-bond acceptors (Lipinski definition) is 6. The van der Waals surface area contributed by atoms with Crippen LogP contribution in [0.1, 0.15) is 245 Å². The maximum atomic E-state index is 12.7. The molecule has 336 valence electrons. The van der Waals surface area contributed by atoms with Crippen LogP contribution in [-0.2, 0) is 28.6 Å². The van der Waals surface area contributed by atoms with Crippen LogP contribution in [0.3, 0.4) is 0 Å². The maximum Gasteiger partial charge on any atom is 0.306 e. The first-order chi connectivity index (χ1) is 28.5. The number of rotatable bonds is 44. The minimum atomic E-state index is -0.785. The molecule has 6 nitrogen and oxygen atoms in total. The van der Waals surface area contributed by atoms with E-state index in [1.165, 1.54) is 122 Å². The highest BCUT2D eigenvalue weighted by molar-refractivity contribution is 5.71. The fourth-order valence-electron chi connectivity index (χ4n) is 6.83. The molecule has 0 N–H and O–H groups in total. The van der Waals surface area contributed by atoms with E-state index < -0.39 is 6.10 Å². The topological polar surface area (TPSA) is 78.9 Å². The van der Waals surface area contributed by atoms with Gasteiger partial charge in [0.05, 0.1) is 0 Å². The van der Waals surface area contributed by atoms with Crippen molar-refractivity contribution in [3.63, 3.8) is 0 Å². The molecule has 0 aliphatic heterocycles. The Morgan fingerprint density at radius 1 is 0.345 bits per heavy atom. The van der Waals surface area contributed by atoms with Crippen LogP contribution in [0.5, 0.6) is 0 Å². The summed E-state index contributed by atoms with van der Waals surface area (Å²) in [6, 6.07) is 0. The smallest absolute Gasteiger partial charge is 0.306 e. The van der Waals surface area contributed by atoms with Crippen LogP contribution in [0.4, 0.5) is 0 Å². The molecule has 0 spiro atoms. The van der Waals surface area contributed by atoms with Gasteiger partial charge in [-0.05, 0) is 70.6 Å². The molecule has 0 radical (unpaired) electrons. The summed E-state index contributed by atoms with van der Waals surface area (Å²) in [6.07, 6.45) is 55.2. The second-order valence-electron chi connectivity index (χ2n) is 16.4. The van der Waals surface area contributed by atoms with Crippen molar-refractivity contribution in [2.75, 3.05) is 13.2 Å². The summed E-state index contributed by atoms with van der Waals surface area (Å²) in [7, 11) is 0. The lowest BCUT2D eigenvalue weighted by molar-refractivity contribution is -0.167. The van der Waals surface area contributed by atoms with E-state index in [-0.39, 0.29) is 31.1 Å². The van der Waals surface area contributed by atoms with Crippen molar-refractivity contribution >= 4 is 17.9 Å². The first-order valence-corrected chi connectivity index (χ1v) is 24.7. The molecule has 0 saturated carbocycles. The van der Waals surface area contributed by atoms with Gasteiger partial charge in [0.2, 0.25) is 0 Å². The molecule has 1 unspecified atom stereocenters. The summed E-state index contributed by atoms with van der Waals surface area (Å²) in [5.74, 6) is -0.924. The second kappa shape index (κ2) is 47.1. The predicted octanol–water partition coefficient (Wildman–Crippen LogP) is 15.9. The quantitative estimate of drug-likeness (QED) is 0.0264. The summed E-state index contributed by atoms with van der Waals surface area (Å²) in [5.41, 5.74) is 0. The Balaban J connectivity index is 4.40. The molecule has 0 fully saturated rings. The van der Waals surface area contributed by atoms with Crippen LogP contribution in [0.2, 0.25) is 0 Å². The zero-order valence-corrected chi connectivity index (χ0v) is 38.3. The van der Waals surface area contributed by atoms with Gasteiger partial charge in [-0.2, -0.15) is 0 Å². The van der Waals surface area contributed by atoms with E-state index in [2.05, 4.69) is 69.4 Å². The lowest BCUT2D eigenvalue weighted by Crippen LogP contribution is -2.30. The van der Waals surface area contributed by atoms with Crippen molar-refractivity contribution in [3.8, 4) is 0 Å². The minimum absolute atomic E-state index is 0.0851. The molecule has 0 aromatic rings. The van der Waals surface area contributed by atoms with Gasteiger partial charge in [-0.25, -0.2) is 0 Å². The van der Waals surface area contributed by atoms with Gasteiger partial charge in [-0.1, -0.05) is 204 Å². The van der Waals surface area contributed by atoms with Crippen molar-refractivity contribution in [2.45, 2.75) is 252 Å². The largest absolute Gasteiger partial charge is 0.462 e. The van der Waals surface area contributed by atoms with Crippen LogP contribution >= 0.6 is 0 Å². The number of carbonyl (C=O) groups is 3. The van der Waals surface area contributed by atoms with E-state index in [9.17, 15) is 14.4 Å². The average molecular weight is 813 g/mol.